The first-order valence-electron chi connectivity index (χ1n) is 8.30. The average Bonchev–Trinajstić information content (AvgIpc) is 2.64. The van der Waals surface area contributed by atoms with E-state index in [1.54, 1.807) is 12.1 Å². The zero-order valence-electron chi connectivity index (χ0n) is 14.8. The summed E-state index contributed by atoms with van der Waals surface area (Å²) < 4.78 is 34.6. The van der Waals surface area contributed by atoms with Gasteiger partial charge in [-0.15, -0.1) is 0 Å². The van der Waals surface area contributed by atoms with Crippen molar-refractivity contribution >= 4 is 5.96 Å². The fourth-order valence-corrected chi connectivity index (χ4v) is 2.30. The SMILES string of the molecule is CCNC(=NCc1ccc(OC)c(OC(F)F)c1)NCc1ccccc1. The Morgan fingerprint density at radius 3 is 2.46 bits per heavy atom. The van der Waals surface area contributed by atoms with Gasteiger partial charge in [0, 0.05) is 13.1 Å². The first kappa shape index (κ1) is 19.5. The van der Waals surface area contributed by atoms with Gasteiger partial charge in [-0.1, -0.05) is 36.4 Å². The number of nitrogens with one attached hydrogen (secondary N) is 2. The highest BCUT2D eigenvalue weighted by molar-refractivity contribution is 5.79. The third-order valence-electron chi connectivity index (χ3n) is 3.51. The Morgan fingerprint density at radius 1 is 1.04 bits per heavy atom. The standard InChI is InChI=1S/C19H23F2N3O2/c1-3-22-19(23-12-14-7-5-4-6-8-14)24-13-15-9-10-16(25-2)17(11-15)26-18(20)21/h4-11,18H,3,12-13H2,1-2H3,(H2,22,23,24). The molecule has 2 rings (SSSR count). The van der Waals surface area contributed by atoms with Crippen LogP contribution in [-0.2, 0) is 13.1 Å². The summed E-state index contributed by atoms with van der Waals surface area (Å²) in [4.78, 5) is 4.49. The number of alkyl halides is 2. The van der Waals surface area contributed by atoms with Crippen molar-refractivity contribution in [3.63, 3.8) is 0 Å². The Bertz CT molecular complexity index is 709. The van der Waals surface area contributed by atoms with E-state index in [0.29, 0.717) is 25.6 Å². The van der Waals surface area contributed by atoms with Crippen LogP contribution in [0.15, 0.2) is 53.5 Å². The van der Waals surface area contributed by atoms with Crippen LogP contribution in [-0.4, -0.2) is 26.2 Å². The van der Waals surface area contributed by atoms with Crippen LogP contribution in [0.2, 0.25) is 0 Å². The van der Waals surface area contributed by atoms with E-state index in [0.717, 1.165) is 11.1 Å². The van der Waals surface area contributed by atoms with Crippen LogP contribution < -0.4 is 20.1 Å². The van der Waals surface area contributed by atoms with Gasteiger partial charge in [0.25, 0.3) is 0 Å². The predicted molar refractivity (Wildman–Crippen MR) is 97.7 cm³/mol. The Kier molecular flexibility index (Phi) is 7.67. The molecule has 26 heavy (non-hydrogen) atoms. The normalized spacial score (nSPS) is 11.3. The molecular weight excluding hydrogens is 340 g/mol. The topological polar surface area (TPSA) is 54.9 Å². The molecule has 140 valence electrons. The van der Waals surface area contributed by atoms with Gasteiger partial charge in [0.15, 0.2) is 17.5 Å². The fourth-order valence-electron chi connectivity index (χ4n) is 2.30. The van der Waals surface area contributed by atoms with Crippen LogP contribution in [0, 0.1) is 0 Å². The van der Waals surface area contributed by atoms with Gasteiger partial charge < -0.3 is 20.1 Å². The Hall–Kier alpha value is -2.83. The van der Waals surface area contributed by atoms with Gasteiger partial charge in [-0.3, -0.25) is 0 Å². The maximum absolute atomic E-state index is 12.5. The van der Waals surface area contributed by atoms with E-state index in [1.165, 1.54) is 13.2 Å². The molecule has 0 unspecified atom stereocenters. The van der Waals surface area contributed by atoms with E-state index in [9.17, 15) is 8.78 Å². The second-order valence-electron chi connectivity index (χ2n) is 5.40. The lowest BCUT2D eigenvalue weighted by atomic mass is 10.2. The van der Waals surface area contributed by atoms with Crippen molar-refractivity contribution in [1.82, 2.24) is 10.6 Å². The van der Waals surface area contributed by atoms with E-state index in [-0.39, 0.29) is 11.5 Å². The molecule has 0 amide bonds. The number of rotatable bonds is 8. The number of hydrogen-bond acceptors (Lipinski definition) is 3. The largest absolute Gasteiger partial charge is 0.493 e. The number of halogens is 2. The van der Waals surface area contributed by atoms with Crippen LogP contribution in [0.25, 0.3) is 0 Å². The highest BCUT2D eigenvalue weighted by Gasteiger charge is 2.11. The molecule has 2 N–H and O–H groups in total. The smallest absolute Gasteiger partial charge is 0.387 e. The van der Waals surface area contributed by atoms with Crippen molar-refractivity contribution in [3.05, 3.63) is 59.7 Å². The lowest BCUT2D eigenvalue weighted by Gasteiger charge is -2.13. The van der Waals surface area contributed by atoms with E-state index >= 15 is 0 Å². The number of benzene rings is 2. The van der Waals surface area contributed by atoms with Crippen LogP contribution in [0.5, 0.6) is 11.5 Å². The number of ether oxygens (including phenoxy) is 2. The summed E-state index contributed by atoms with van der Waals surface area (Å²) in [5, 5.41) is 6.39. The molecule has 5 nitrogen and oxygen atoms in total. The molecule has 0 atom stereocenters. The van der Waals surface area contributed by atoms with Gasteiger partial charge in [0.1, 0.15) is 0 Å². The zero-order valence-corrected chi connectivity index (χ0v) is 14.8. The van der Waals surface area contributed by atoms with Crippen molar-refractivity contribution in [1.29, 1.82) is 0 Å². The number of guanidine groups is 1. The summed E-state index contributed by atoms with van der Waals surface area (Å²) >= 11 is 0. The first-order valence-corrected chi connectivity index (χ1v) is 8.30. The molecule has 0 aliphatic carbocycles. The average molecular weight is 363 g/mol. The maximum Gasteiger partial charge on any atom is 0.387 e. The minimum atomic E-state index is -2.91. The zero-order chi connectivity index (χ0) is 18.8. The number of methoxy groups -OCH3 is 1. The molecule has 0 heterocycles. The summed E-state index contributed by atoms with van der Waals surface area (Å²) in [5.74, 6) is 0.896. The summed E-state index contributed by atoms with van der Waals surface area (Å²) in [6.07, 6.45) is 0. The Balaban J connectivity index is 2.05. The molecule has 0 aliphatic rings. The third kappa shape index (κ3) is 6.23. The summed E-state index contributed by atoms with van der Waals surface area (Å²) in [7, 11) is 1.41. The van der Waals surface area contributed by atoms with E-state index in [4.69, 9.17) is 4.74 Å². The Labute approximate surface area is 152 Å². The van der Waals surface area contributed by atoms with Gasteiger partial charge in [0.2, 0.25) is 0 Å². The second-order valence-corrected chi connectivity index (χ2v) is 5.40. The van der Waals surface area contributed by atoms with Crippen LogP contribution >= 0.6 is 0 Å². The van der Waals surface area contributed by atoms with Crippen LogP contribution in [0.3, 0.4) is 0 Å². The second kappa shape index (κ2) is 10.2. The quantitative estimate of drug-likeness (QED) is 0.556. The summed E-state index contributed by atoms with van der Waals surface area (Å²) in [6.45, 7) is 0.723. The van der Waals surface area contributed by atoms with Crippen molar-refractivity contribution < 1.29 is 18.3 Å². The van der Waals surface area contributed by atoms with E-state index in [2.05, 4.69) is 20.4 Å². The molecule has 0 fully saturated rings. The molecule has 0 aromatic heterocycles. The van der Waals surface area contributed by atoms with Crippen molar-refractivity contribution in [2.45, 2.75) is 26.6 Å². The summed E-state index contributed by atoms with van der Waals surface area (Å²) in [6, 6.07) is 14.8. The number of aliphatic imine (C=N–C) groups is 1. The van der Waals surface area contributed by atoms with E-state index in [1.807, 2.05) is 37.3 Å². The van der Waals surface area contributed by atoms with Gasteiger partial charge in [-0.2, -0.15) is 8.78 Å². The highest BCUT2D eigenvalue weighted by Crippen LogP contribution is 2.29. The minimum Gasteiger partial charge on any atom is -0.493 e. The molecule has 0 saturated heterocycles. The summed E-state index contributed by atoms with van der Waals surface area (Å²) in [5.41, 5.74) is 1.87. The number of hydrogen-bond donors (Lipinski definition) is 2. The van der Waals surface area contributed by atoms with Crippen molar-refractivity contribution in [2.24, 2.45) is 4.99 Å². The van der Waals surface area contributed by atoms with Crippen LogP contribution in [0.1, 0.15) is 18.1 Å². The molecular formula is C19H23F2N3O2. The molecule has 2 aromatic rings. The lowest BCUT2D eigenvalue weighted by molar-refractivity contribution is -0.0512. The molecule has 0 saturated carbocycles. The molecule has 7 heteroatoms. The molecule has 0 bridgehead atoms. The number of nitrogens with zero attached hydrogens (tertiary/aromatic N) is 1. The third-order valence-corrected chi connectivity index (χ3v) is 3.51. The van der Waals surface area contributed by atoms with Gasteiger partial charge in [-0.25, -0.2) is 4.99 Å². The van der Waals surface area contributed by atoms with Gasteiger partial charge in [-0.05, 0) is 30.2 Å². The monoisotopic (exact) mass is 363 g/mol. The fraction of sp³-hybridized carbons (Fsp3) is 0.316. The molecule has 0 aliphatic heterocycles. The molecule has 0 radical (unpaired) electrons. The minimum absolute atomic E-state index is 0.00237. The highest BCUT2D eigenvalue weighted by atomic mass is 19.3. The predicted octanol–water partition coefficient (Wildman–Crippen LogP) is 3.55. The Morgan fingerprint density at radius 2 is 1.81 bits per heavy atom. The van der Waals surface area contributed by atoms with E-state index < -0.39 is 6.61 Å². The molecule has 0 spiro atoms. The van der Waals surface area contributed by atoms with Gasteiger partial charge >= 0.3 is 6.61 Å². The van der Waals surface area contributed by atoms with Crippen LogP contribution in [0.4, 0.5) is 8.78 Å². The molecule has 2 aromatic carbocycles. The van der Waals surface area contributed by atoms with Crippen molar-refractivity contribution in [2.75, 3.05) is 13.7 Å². The van der Waals surface area contributed by atoms with Gasteiger partial charge in [0.05, 0.1) is 13.7 Å². The van der Waals surface area contributed by atoms with Crippen molar-refractivity contribution in [3.8, 4) is 11.5 Å². The first-order chi connectivity index (χ1) is 12.6. The lowest BCUT2D eigenvalue weighted by Crippen LogP contribution is -2.36. The maximum atomic E-state index is 12.5.